The standard InChI is InChI=1S/C13H17NO/c1-10(2)14-13(15)9-8-12-7-5-4-6-11(12)3/h4-10H,1-3H3,(H,14,15). The van der Waals surface area contributed by atoms with E-state index < -0.39 is 0 Å². The molecule has 2 nitrogen and oxygen atoms in total. The van der Waals surface area contributed by atoms with Gasteiger partial charge in [0.2, 0.25) is 5.91 Å². The molecule has 1 rings (SSSR count). The lowest BCUT2D eigenvalue weighted by Gasteiger charge is -2.04. The van der Waals surface area contributed by atoms with Gasteiger partial charge < -0.3 is 5.32 Å². The van der Waals surface area contributed by atoms with Crippen LogP contribution in [0.15, 0.2) is 30.3 Å². The lowest BCUT2D eigenvalue weighted by atomic mass is 10.1. The minimum Gasteiger partial charge on any atom is -0.350 e. The Labute approximate surface area is 91.0 Å². The summed E-state index contributed by atoms with van der Waals surface area (Å²) in [5.41, 5.74) is 2.25. The van der Waals surface area contributed by atoms with Gasteiger partial charge in [0.25, 0.3) is 0 Å². The molecule has 1 amide bonds. The molecular weight excluding hydrogens is 186 g/mol. The molecule has 0 unspecified atom stereocenters. The van der Waals surface area contributed by atoms with Gasteiger partial charge in [0.05, 0.1) is 0 Å². The number of carbonyl (C=O) groups excluding carboxylic acids is 1. The van der Waals surface area contributed by atoms with Gasteiger partial charge in [0, 0.05) is 12.1 Å². The van der Waals surface area contributed by atoms with Crippen molar-refractivity contribution < 1.29 is 4.79 Å². The zero-order valence-corrected chi connectivity index (χ0v) is 9.45. The molecule has 0 spiro atoms. The number of carbonyl (C=O) groups is 1. The molecule has 80 valence electrons. The number of nitrogens with one attached hydrogen (secondary N) is 1. The highest BCUT2D eigenvalue weighted by molar-refractivity contribution is 5.92. The molecule has 0 aliphatic heterocycles. The minimum atomic E-state index is -0.0479. The van der Waals surface area contributed by atoms with E-state index in [1.54, 1.807) is 6.08 Å². The Balaban J connectivity index is 2.66. The number of hydrogen-bond acceptors (Lipinski definition) is 1. The Morgan fingerprint density at radius 1 is 1.33 bits per heavy atom. The normalized spacial score (nSPS) is 10.9. The molecule has 0 bridgehead atoms. The molecule has 1 N–H and O–H groups in total. The quantitative estimate of drug-likeness (QED) is 0.751. The summed E-state index contributed by atoms with van der Waals surface area (Å²) < 4.78 is 0. The maximum absolute atomic E-state index is 11.3. The molecule has 0 atom stereocenters. The Kier molecular flexibility index (Phi) is 4.10. The fraction of sp³-hybridized carbons (Fsp3) is 0.308. The smallest absolute Gasteiger partial charge is 0.244 e. The fourth-order valence-corrected chi connectivity index (χ4v) is 1.27. The van der Waals surface area contributed by atoms with E-state index in [-0.39, 0.29) is 11.9 Å². The van der Waals surface area contributed by atoms with Crippen LogP contribution in [-0.4, -0.2) is 11.9 Å². The highest BCUT2D eigenvalue weighted by atomic mass is 16.1. The second-order valence-corrected chi connectivity index (χ2v) is 3.85. The molecule has 0 radical (unpaired) electrons. The molecule has 0 aliphatic carbocycles. The molecule has 0 saturated heterocycles. The molecule has 0 aliphatic rings. The van der Waals surface area contributed by atoms with E-state index in [9.17, 15) is 4.79 Å². The third kappa shape index (κ3) is 3.98. The first-order valence-electron chi connectivity index (χ1n) is 5.14. The van der Waals surface area contributed by atoms with E-state index in [0.29, 0.717) is 0 Å². The first-order chi connectivity index (χ1) is 7.09. The molecule has 1 aromatic rings. The summed E-state index contributed by atoms with van der Waals surface area (Å²) in [5.74, 6) is -0.0479. The average Bonchev–Trinajstić information content (AvgIpc) is 2.15. The van der Waals surface area contributed by atoms with E-state index in [2.05, 4.69) is 5.32 Å². The largest absolute Gasteiger partial charge is 0.350 e. The Bertz CT molecular complexity index is 367. The van der Waals surface area contributed by atoms with Crippen molar-refractivity contribution in [2.75, 3.05) is 0 Å². The highest BCUT2D eigenvalue weighted by Gasteiger charge is 1.98. The van der Waals surface area contributed by atoms with Crippen LogP contribution in [0.2, 0.25) is 0 Å². The lowest BCUT2D eigenvalue weighted by Crippen LogP contribution is -2.28. The summed E-state index contributed by atoms with van der Waals surface area (Å²) in [6, 6.07) is 8.15. The van der Waals surface area contributed by atoms with Crippen LogP contribution < -0.4 is 5.32 Å². The summed E-state index contributed by atoms with van der Waals surface area (Å²) in [7, 11) is 0. The molecule has 0 saturated carbocycles. The number of hydrogen-bond donors (Lipinski definition) is 1. The van der Waals surface area contributed by atoms with Crippen LogP contribution >= 0.6 is 0 Å². The highest BCUT2D eigenvalue weighted by Crippen LogP contribution is 2.08. The van der Waals surface area contributed by atoms with E-state index in [1.807, 2.05) is 51.1 Å². The molecule has 2 heteroatoms. The summed E-state index contributed by atoms with van der Waals surface area (Å²) in [6.45, 7) is 5.92. The van der Waals surface area contributed by atoms with Crippen LogP contribution in [0.4, 0.5) is 0 Å². The summed E-state index contributed by atoms with van der Waals surface area (Å²) in [4.78, 5) is 11.3. The molecule has 0 heterocycles. The van der Waals surface area contributed by atoms with Gasteiger partial charge in [-0.1, -0.05) is 24.3 Å². The summed E-state index contributed by atoms with van der Waals surface area (Å²) in [6.07, 6.45) is 3.41. The van der Waals surface area contributed by atoms with Crippen molar-refractivity contribution in [3.63, 3.8) is 0 Å². The van der Waals surface area contributed by atoms with E-state index in [4.69, 9.17) is 0 Å². The molecule has 0 aromatic heterocycles. The summed E-state index contributed by atoms with van der Waals surface area (Å²) >= 11 is 0. The zero-order chi connectivity index (χ0) is 11.3. The Morgan fingerprint density at radius 2 is 2.00 bits per heavy atom. The molecular formula is C13H17NO. The lowest BCUT2D eigenvalue weighted by molar-refractivity contribution is -0.116. The van der Waals surface area contributed by atoms with Crippen LogP contribution in [0.3, 0.4) is 0 Å². The van der Waals surface area contributed by atoms with Gasteiger partial charge in [-0.15, -0.1) is 0 Å². The predicted molar refractivity (Wildman–Crippen MR) is 63.5 cm³/mol. The van der Waals surface area contributed by atoms with Gasteiger partial charge in [-0.3, -0.25) is 4.79 Å². The van der Waals surface area contributed by atoms with Crippen LogP contribution in [0.1, 0.15) is 25.0 Å². The molecule has 15 heavy (non-hydrogen) atoms. The van der Waals surface area contributed by atoms with Gasteiger partial charge in [-0.2, -0.15) is 0 Å². The Morgan fingerprint density at radius 3 is 2.60 bits per heavy atom. The van der Waals surface area contributed by atoms with Crippen molar-refractivity contribution in [3.05, 3.63) is 41.5 Å². The first-order valence-corrected chi connectivity index (χ1v) is 5.14. The topological polar surface area (TPSA) is 29.1 Å². The van der Waals surface area contributed by atoms with Crippen molar-refractivity contribution in [1.82, 2.24) is 5.32 Å². The van der Waals surface area contributed by atoms with Crippen molar-refractivity contribution >= 4 is 12.0 Å². The minimum absolute atomic E-state index is 0.0479. The van der Waals surface area contributed by atoms with Gasteiger partial charge in [0.15, 0.2) is 0 Å². The maximum atomic E-state index is 11.3. The average molecular weight is 203 g/mol. The number of amides is 1. The van der Waals surface area contributed by atoms with Gasteiger partial charge in [0.1, 0.15) is 0 Å². The first kappa shape index (κ1) is 11.5. The SMILES string of the molecule is Cc1ccccc1C=CC(=O)NC(C)C. The second-order valence-electron chi connectivity index (χ2n) is 3.85. The number of rotatable bonds is 3. The van der Waals surface area contributed by atoms with Crippen LogP contribution in [-0.2, 0) is 4.79 Å². The molecule has 0 fully saturated rings. The summed E-state index contributed by atoms with van der Waals surface area (Å²) in [5, 5.41) is 2.81. The monoisotopic (exact) mass is 203 g/mol. The number of aryl methyl sites for hydroxylation is 1. The van der Waals surface area contributed by atoms with Crippen molar-refractivity contribution in [2.45, 2.75) is 26.8 Å². The second kappa shape index (κ2) is 5.35. The number of benzene rings is 1. The van der Waals surface area contributed by atoms with Crippen molar-refractivity contribution in [2.24, 2.45) is 0 Å². The molecule has 1 aromatic carbocycles. The van der Waals surface area contributed by atoms with Crippen LogP contribution in [0, 0.1) is 6.92 Å². The van der Waals surface area contributed by atoms with Gasteiger partial charge in [-0.25, -0.2) is 0 Å². The van der Waals surface area contributed by atoms with Gasteiger partial charge >= 0.3 is 0 Å². The maximum Gasteiger partial charge on any atom is 0.244 e. The third-order valence-corrected chi connectivity index (χ3v) is 2.03. The predicted octanol–water partition coefficient (Wildman–Crippen LogP) is 2.53. The third-order valence-electron chi connectivity index (χ3n) is 2.03. The zero-order valence-electron chi connectivity index (χ0n) is 9.45. The fourth-order valence-electron chi connectivity index (χ4n) is 1.27. The van der Waals surface area contributed by atoms with E-state index >= 15 is 0 Å². The van der Waals surface area contributed by atoms with Crippen molar-refractivity contribution in [3.8, 4) is 0 Å². The van der Waals surface area contributed by atoms with E-state index in [0.717, 1.165) is 5.56 Å². The van der Waals surface area contributed by atoms with E-state index in [1.165, 1.54) is 5.56 Å². The Hall–Kier alpha value is -1.57. The van der Waals surface area contributed by atoms with Crippen LogP contribution in [0.5, 0.6) is 0 Å². The van der Waals surface area contributed by atoms with Gasteiger partial charge in [-0.05, 0) is 38.0 Å². The van der Waals surface area contributed by atoms with Crippen LogP contribution in [0.25, 0.3) is 6.08 Å². The van der Waals surface area contributed by atoms with Crippen molar-refractivity contribution in [1.29, 1.82) is 0 Å².